The largest absolute Gasteiger partial charge is 0.458 e. The van der Waals surface area contributed by atoms with Gasteiger partial charge < -0.3 is 4.74 Å². The van der Waals surface area contributed by atoms with E-state index in [2.05, 4.69) is 13.8 Å². The maximum Gasteiger partial charge on any atom is 0.306 e. The summed E-state index contributed by atoms with van der Waals surface area (Å²) in [6.07, 6.45) is 2.22. The van der Waals surface area contributed by atoms with Crippen molar-refractivity contribution in [2.45, 2.75) is 40.0 Å². The Morgan fingerprint density at radius 3 is 2.64 bits per heavy atom. The standard InChI is InChI=1S/C9H17O2/c1-4-5-9(10)11-7-6-8(2)3/h7-8H,4-6H2,1-3H3. The number of rotatable bonds is 5. The second-order valence-electron chi connectivity index (χ2n) is 3.04. The Morgan fingerprint density at radius 1 is 1.55 bits per heavy atom. The van der Waals surface area contributed by atoms with Gasteiger partial charge in [-0.05, 0) is 18.8 Å². The lowest BCUT2D eigenvalue weighted by molar-refractivity contribution is -0.140. The van der Waals surface area contributed by atoms with Crippen LogP contribution in [0.2, 0.25) is 0 Å². The number of esters is 1. The van der Waals surface area contributed by atoms with Gasteiger partial charge >= 0.3 is 5.97 Å². The molecule has 0 heterocycles. The molecule has 0 unspecified atom stereocenters. The van der Waals surface area contributed by atoms with Gasteiger partial charge in [0.15, 0.2) is 0 Å². The van der Waals surface area contributed by atoms with E-state index in [1.165, 1.54) is 0 Å². The predicted octanol–water partition coefficient (Wildman–Crippen LogP) is 2.54. The molecule has 2 heteroatoms. The first kappa shape index (κ1) is 10.5. The van der Waals surface area contributed by atoms with Crippen LogP contribution in [0.1, 0.15) is 40.0 Å². The van der Waals surface area contributed by atoms with Gasteiger partial charge in [0.25, 0.3) is 0 Å². The van der Waals surface area contributed by atoms with Crippen LogP contribution >= 0.6 is 0 Å². The van der Waals surface area contributed by atoms with E-state index in [1.807, 2.05) is 6.92 Å². The third kappa shape index (κ3) is 7.37. The molecule has 65 valence electrons. The molecule has 0 spiro atoms. The van der Waals surface area contributed by atoms with E-state index in [0.29, 0.717) is 12.3 Å². The van der Waals surface area contributed by atoms with Crippen LogP contribution in [0.4, 0.5) is 0 Å². The normalized spacial score (nSPS) is 10.2. The molecule has 2 nitrogen and oxygen atoms in total. The van der Waals surface area contributed by atoms with Crippen molar-refractivity contribution in [3.05, 3.63) is 6.61 Å². The van der Waals surface area contributed by atoms with Crippen molar-refractivity contribution in [3.63, 3.8) is 0 Å². The maximum atomic E-state index is 10.8. The number of carbonyl (C=O) groups is 1. The zero-order valence-corrected chi connectivity index (χ0v) is 7.59. The van der Waals surface area contributed by atoms with Crippen LogP contribution in [0.5, 0.6) is 0 Å². The van der Waals surface area contributed by atoms with E-state index in [9.17, 15) is 4.79 Å². The van der Waals surface area contributed by atoms with Crippen molar-refractivity contribution in [2.24, 2.45) is 5.92 Å². The summed E-state index contributed by atoms with van der Waals surface area (Å²) in [7, 11) is 0. The molecule has 1 radical (unpaired) electrons. The van der Waals surface area contributed by atoms with Gasteiger partial charge in [-0.25, -0.2) is 0 Å². The maximum absolute atomic E-state index is 10.8. The fourth-order valence-electron chi connectivity index (χ4n) is 0.597. The van der Waals surface area contributed by atoms with E-state index < -0.39 is 0 Å². The molecule has 0 saturated heterocycles. The molecular weight excluding hydrogens is 140 g/mol. The van der Waals surface area contributed by atoms with E-state index in [4.69, 9.17) is 4.74 Å². The quantitative estimate of drug-likeness (QED) is 0.573. The minimum absolute atomic E-state index is 0.117. The molecule has 0 aliphatic heterocycles. The Morgan fingerprint density at radius 2 is 2.18 bits per heavy atom. The summed E-state index contributed by atoms with van der Waals surface area (Å²) in [6, 6.07) is 0. The Balaban J connectivity index is 3.17. The van der Waals surface area contributed by atoms with Gasteiger partial charge in [-0.15, -0.1) is 0 Å². The lowest BCUT2D eigenvalue weighted by Gasteiger charge is -2.04. The highest BCUT2D eigenvalue weighted by molar-refractivity contribution is 5.69. The van der Waals surface area contributed by atoms with E-state index in [0.717, 1.165) is 12.8 Å². The third-order valence-corrected chi connectivity index (χ3v) is 1.24. The van der Waals surface area contributed by atoms with Crippen LogP contribution < -0.4 is 0 Å². The highest BCUT2D eigenvalue weighted by Crippen LogP contribution is 2.04. The first-order valence-electron chi connectivity index (χ1n) is 4.18. The Labute approximate surface area is 68.9 Å². The van der Waals surface area contributed by atoms with E-state index >= 15 is 0 Å². The van der Waals surface area contributed by atoms with E-state index in [1.54, 1.807) is 6.61 Å². The fourth-order valence-corrected chi connectivity index (χ4v) is 0.597. The zero-order chi connectivity index (χ0) is 8.69. The van der Waals surface area contributed by atoms with Crippen molar-refractivity contribution in [1.29, 1.82) is 0 Å². The second kappa shape index (κ2) is 6.20. The summed E-state index contributed by atoms with van der Waals surface area (Å²) >= 11 is 0. The Bertz CT molecular complexity index is 108. The summed E-state index contributed by atoms with van der Waals surface area (Å²) in [6.45, 7) is 7.74. The third-order valence-electron chi connectivity index (χ3n) is 1.24. The lowest BCUT2D eigenvalue weighted by atomic mass is 10.1. The van der Waals surface area contributed by atoms with Crippen LogP contribution in [-0.4, -0.2) is 5.97 Å². The monoisotopic (exact) mass is 157 g/mol. The summed E-state index contributed by atoms with van der Waals surface area (Å²) in [4.78, 5) is 10.8. The van der Waals surface area contributed by atoms with Crippen molar-refractivity contribution < 1.29 is 9.53 Å². The average molecular weight is 157 g/mol. The number of hydrogen-bond donors (Lipinski definition) is 0. The fraction of sp³-hybridized carbons (Fsp3) is 0.778. The van der Waals surface area contributed by atoms with Crippen molar-refractivity contribution >= 4 is 5.97 Å². The van der Waals surface area contributed by atoms with Crippen LogP contribution in [0, 0.1) is 12.5 Å². The van der Waals surface area contributed by atoms with Gasteiger partial charge in [0.2, 0.25) is 0 Å². The van der Waals surface area contributed by atoms with Crippen molar-refractivity contribution in [2.75, 3.05) is 0 Å². The molecule has 0 saturated carbocycles. The van der Waals surface area contributed by atoms with Crippen molar-refractivity contribution in [1.82, 2.24) is 0 Å². The molecule has 0 aliphatic carbocycles. The molecule has 0 atom stereocenters. The zero-order valence-electron chi connectivity index (χ0n) is 7.59. The first-order chi connectivity index (χ1) is 5.16. The molecule has 0 rings (SSSR count). The van der Waals surface area contributed by atoms with Gasteiger partial charge in [-0.3, -0.25) is 4.79 Å². The molecule has 0 aromatic heterocycles. The lowest BCUT2D eigenvalue weighted by Crippen LogP contribution is -2.02. The molecule has 0 amide bonds. The van der Waals surface area contributed by atoms with Gasteiger partial charge in [-0.2, -0.15) is 0 Å². The summed E-state index contributed by atoms with van der Waals surface area (Å²) in [5.41, 5.74) is 0. The van der Waals surface area contributed by atoms with Gasteiger partial charge in [-0.1, -0.05) is 20.8 Å². The minimum Gasteiger partial charge on any atom is -0.458 e. The molecule has 0 aliphatic rings. The highest BCUT2D eigenvalue weighted by Gasteiger charge is 2.01. The second-order valence-corrected chi connectivity index (χ2v) is 3.04. The SMILES string of the molecule is CCCC(=O)O[CH]CC(C)C. The van der Waals surface area contributed by atoms with Gasteiger partial charge in [0.05, 0.1) is 0 Å². The molecule has 0 bridgehead atoms. The molecule has 0 aromatic carbocycles. The number of carbonyl (C=O) groups excluding carboxylic acids is 1. The topological polar surface area (TPSA) is 26.3 Å². The Kier molecular flexibility index (Phi) is 5.90. The van der Waals surface area contributed by atoms with Crippen LogP contribution in [0.25, 0.3) is 0 Å². The van der Waals surface area contributed by atoms with Crippen LogP contribution in [0.3, 0.4) is 0 Å². The molecule has 0 aromatic rings. The summed E-state index contributed by atoms with van der Waals surface area (Å²) in [5.74, 6) is 0.442. The smallest absolute Gasteiger partial charge is 0.306 e. The first-order valence-corrected chi connectivity index (χ1v) is 4.18. The van der Waals surface area contributed by atoms with Gasteiger partial charge in [0.1, 0.15) is 6.61 Å². The molecule has 11 heavy (non-hydrogen) atoms. The summed E-state index contributed by atoms with van der Waals surface area (Å²) < 4.78 is 4.83. The average Bonchev–Trinajstić information content (AvgIpc) is 1.87. The highest BCUT2D eigenvalue weighted by atomic mass is 16.5. The van der Waals surface area contributed by atoms with Crippen LogP contribution in [0.15, 0.2) is 0 Å². The number of ether oxygens (including phenoxy) is 1. The molecule has 0 fully saturated rings. The van der Waals surface area contributed by atoms with E-state index in [-0.39, 0.29) is 5.97 Å². The van der Waals surface area contributed by atoms with Crippen molar-refractivity contribution in [3.8, 4) is 0 Å². The molecular formula is C9H17O2. The number of hydrogen-bond acceptors (Lipinski definition) is 2. The Hall–Kier alpha value is -0.530. The van der Waals surface area contributed by atoms with Gasteiger partial charge in [0, 0.05) is 6.42 Å². The summed E-state index contributed by atoms with van der Waals surface area (Å²) in [5, 5.41) is 0. The minimum atomic E-state index is -0.117. The predicted molar refractivity (Wildman–Crippen MR) is 44.8 cm³/mol. The molecule has 0 N–H and O–H groups in total. The van der Waals surface area contributed by atoms with Crippen LogP contribution in [-0.2, 0) is 9.53 Å².